The quantitative estimate of drug-likeness (QED) is 0.903. The monoisotopic (exact) mass is 366 g/mol. The smallest absolute Gasteiger partial charge is 0.384 e. The molecule has 1 aliphatic heterocycles. The number of methoxy groups -OCH3 is 1. The molecule has 4 nitrogen and oxygen atoms in total. The van der Waals surface area contributed by atoms with E-state index in [0.29, 0.717) is 30.3 Å². The van der Waals surface area contributed by atoms with Gasteiger partial charge in [-0.05, 0) is 29.3 Å². The van der Waals surface area contributed by atoms with Crippen molar-refractivity contribution in [2.24, 2.45) is 11.7 Å². The van der Waals surface area contributed by atoms with Gasteiger partial charge in [-0.1, -0.05) is 24.3 Å². The van der Waals surface area contributed by atoms with Crippen LogP contribution in [0.2, 0.25) is 0 Å². The number of rotatable bonds is 4. The van der Waals surface area contributed by atoms with Crippen LogP contribution in [-0.2, 0) is 10.9 Å². The van der Waals surface area contributed by atoms with Gasteiger partial charge < -0.3 is 15.4 Å². The van der Waals surface area contributed by atoms with Crippen molar-refractivity contribution in [3.63, 3.8) is 0 Å². The summed E-state index contributed by atoms with van der Waals surface area (Å²) in [5, 5.41) is 0.902. The number of likely N-dealkylation sites (tertiary alicyclic amines) is 1. The van der Waals surface area contributed by atoms with Gasteiger partial charge in [0.25, 0.3) is 5.91 Å². The van der Waals surface area contributed by atoms with Crippen LogP contribution in [0.1, 0.15) is 22.3 Å². The Morgan fingerprint density at radius 1 is 1.31 bits per heavy atom. The van der Waals surface area contributed by atoms with Crippen LogP contribution in [0.3, 0.4) is 0 Å². The number of halogens is 3. The van der Waals surface area contributed by atoms with Crippen LogP contribution in [0.25, 0.3) is 10.8 Å². The summed E-state index contributed by atoms with van der Waals surface area (Å²) in [4.78, 5) is 14.7. The summed E-state index contributed by atoms with van der Waals surface area (Å²) in [6.07, 6.45) is -3.83. The predicted octanol–water partition coefficient (Wildman–Crippen LogP) is 3.29. The van der Waals surface area contributed by atoms with Gasteiger partial charge in [-0.3, -0.25) is 4.79 Å². The molecule has 0 aliphatic carbocycles. The van der Waals surface area contributed by atoms with Gasteiger partial charge in [0.05, 0.1) is 12.2 Å². The molecule has 0 radical (unpaired) electrons. The molecule has 0 unspecified atom stereocenters. The van der Waals surface area contributed by atoms with Crippen molar-refractivity contribution >= 4 is 16.7 Å². The number of nitrogens with two attached hydrogens (primary N) is 1. The minimum Gasteiger partial charge on any atom is -0.384 e. The van der Waals surface area contributed by atoms with Crippen LogP contribution in [0.15, 0.2) is 36.4 Å². The van der Waals surface area contributed by atoms with Gasteiger partial charge in [-0.25, -0.2) is 0 Å². The Morgan fingerprint density at radius 2 is 2.04 bits per heavy atom. The molecule has 0 saturated carbocycles. The van der Waals surface area contributed by atoms with E-state index in [-0.39, 0.29) is 24.1 Å². The van der Waals surface area contributed by atoms with E-state index in [1.165, 1.54) is 0 Å². The second-order valence-electron chi connectivity index (χ2n) is 6.65. The molecule has 0 bridgehead atoms. The Balaban J connectivity index is 2.04. The molecule has 1 aliphatic rings. The van der Waals surface area contributed by atoms with Crippen molar-refractivity contribution < 1.29 is 22.7 Å². The first-order valence-electron chi connectivity index (χ1n) is 8.45. The molecular weight excluding hydrogens is 345 g/mol. The van der Waals surface area contributed by atoms with Gasteiger partial charge in [0.2, 0.25) is 0 Å². The van der Waals surface area contributed by atoms with Crippen LogP contribution in [0, 0.1) is 5.92 Å². The van der Waals surface area contributed by atoms with Crippen molar-refractivity contribution in [3.8, 4) is 0 Å². The molecule has 1 saturated heterocycles. The van der Waals surface area contributed by atoms with Crippen molar-refractivity contribution in [3.05, 3.63) is 47.5 Å². The van der Waals surface area contributed by atoms with E-state index in [0.717, 1.165) is 12.1 Å². The summed E-state index contributed by atoms with van der Waals surface area (Å²) in [5.41, 5.74) is 5.03. The van der Waals surface area contributed by atoms with Crippen molar-refractivity contribution in [2.45, 2.75) is 18.6 Å². The van der Waals surface area contributed by atoms with Crippen LogP contribution < -0.4 is 5.73 Å². The fourth-order valence-electron chi connectivity index (χ4n) is 3.65. The lowest BCUT2D eigenvalue weighted by atomic mass is 9.99. The summed E-state index contributed by atoms with van der Waals surface area (Å²) >= 11 is 0. The van der Waals surface area contributed by atoms with E-state index < -0.39 is 17.6 Å². The van der Waals surface area contributed by atoms with E-state index in [1.807, 2.05) is 0 Å². The van der Waals surface area contributed by atoms with Crippen molar-refractivity contribution in [1.82, 2.24) is 4.90 Å². The molecule has 140 valence electrons. The average Bonchev–Trinajstić information content (AvgIpc) is 3.02. The fraction of sp³-hybridized carbons (Fsp3) is 0.421. The Hall–Kier alpha value is -2.12. The molecular formula is C19H21F3N2O2. The number of carbonyl (C=O) groups is 1. The second kappa shape index (κ2) is 7.25. The molecule has 3 rings (SSSR count). The maximum Gasteiger partial charge on any atom is 0.416 e. The van der Waals surface area contributed by atoms with E-state index in [2.05, 4.69) is 0 Å². The SMILES string of the molecule is COC[C@H]1C[C@@H](CN)N(C(=O)c2cc(C(F)(F)F)cc3ccccc23)C1. The maximum absolute atomic E-state index is 13.3. The third kappa shape index (κ3) is 3.54. The highest BCUT2D eigenvalue weighted by atomic mass is 19.4. The number of fused-ring (bicyclic) bond motifs is 1. The highest BCUT2D eigenvalue weighted by Crippen LogP contribution is 2.35. The zero-order chi connectivity index (χ0) is 18.9. The molecule has 0 aromatic heterocycles. The van der Waals surface area contributed by atoms with Crippen LogP contribution in [0.4, 0.5) is 13.2 Å². The molecule has 2 aromatic rings. The van der Waals surface area contributed by atoms with Gasteiger partial charge in [0.15, 0.2) is 0 Å². The molecule has 1 heterocycles. The molecule has 2 N–H and O–H groups in total. The zero-order valence-electron chi connectivity index (χ0n) is 14.4. The lowest BCUT2D eigenvalue weighted by Gasteiger charge is -2.24. The molecule has 2 atom stereocenters. The summed E-state index contributed by atoms with van der Waals surface area (Å²) in [7, 11) is 1.59. The number of nitrogens with zero attached hydrogens (tertiary/aromatic N) is 1. The van der Waals surface area contributed by atoms with E-state index in [1.54, 1.807) is 36.3 Å². The second-order valence-corrected chi connectivity index (χ2v) is 6.65. The normalized spacial score (nSPS) is 20.7. The Kier molecular flexibility index (Phi) is 5.20. The third-order valence-electron chi connectivity index (χ3n) is 4.86. The minimum absolute atomic E-state index is 0.0620. The fourth-order valence-corrected chi connectivity index (χ4v) is 3.65. The standard InChI is InChI=1S/C19H21F3N2O2/c1-26-11-12-6-15(9-23)24(10-12)18(25)17-8-14(19(20,21)22)7-13-4-2-3-5-16(13)17/h2-5,7-8,12,15H,6,9-11,23H2,1H3/t12-,15-/m0/s1. The van der Waals surface area contributed by atoms with Gasteiger partial charge >= 0.3 is 6.18 Å². The summed E-state index contributed by atoms with van der Waals surface area (Å²) in [6.45, 7) is 1.19. The number of benzene rings is 2. The van der Waals surface area contributed by atoms with Gasteiger partial charge in [-0.15, -0.1) is 0 Å². The van der Waals surface area contributed by atoms with E-state index >= 15 is 0 Å². The van der Waals surface area contributed by atoms with Crippen LogP contribution in [0.5, 0.6) is 0 Å². The minimum atomic E-state index is -4.52. The van der Waals surface area contributed by atoms with Crippen LogP contribution >= 0.6 is 0 Å². The average molecular weight is 366 g/mol. The largest absolute Gasteiger partial charge is 0.416 e. The van der Waals surface area contributed by atoms with Crippen molar-refractivity contribution in [1.29, 1.82) is 0 Å². The third-order valence-corrected chi connectivity index (χ3v) is 4.86. The highest BCUT2D eigenvalue weighted by Gasteiger charge is 2.37. The van der Waals surface area contributed by atoms with Gasteiger partial charge in [0, 0.05) is 37.7 Å². The zero-order valence-corrected chi connectivity index (χ0v) is 14.4. The first kappa shape index (κ1) is 18.7. The summed E-state index contributed by atoms with van der Waals surface area (Å²) in [5.74, 6) is -0.282. The number of ether oxygens (including phenoxy) is 1. The maximum atomic E-state index is 13.3. The molecule has 7 heteroatoms. The highest BCUT2D eigenvalue weighted by molar-refractivity contribution is 6.07. The Labute approximate surface area is 149 Å². The molecule has 0 spiro atoms. The topological polar surface area (TPSA) is 55.6 Å². The van der Waals surface area contributed by atoms with Gasteiger partial charge in [0.1, 0.15) is 0 Å². The molecule has 1 fully saturated rings. The van der Waals surface area contributed by atoms with Crippen LogP contribution in [-0.4, -0.2) is 43.7 Å². The Morgan fingerprint density at radius 3 is 2.69 bits per heavy atom. The lowest BCUT2D eigenvalue weighted by Crippen LogP contribution is -2.40. The molecule has 26 heavy (non-hydrogen) atoms. The van der Waals surface area contributed by atoms with Gasteiger partial charge in [-0.2, -0.15) is 13.2 Å². The number of carbonyl (C=O) groups excluding carboxylic acids is 1. The van der Waals surface area contributed by atoms with Crippen molar-refractivity contribution in [2.75, 3.05) is 26.8 Å². The number of hydrogen-bond donors (Lipinski definition) is 1. The number of amides is 1. The van der Waals surface area contributed by atoms with E-state index in [9.17, 15) is 18.0 Å². The predicted molar refractivity (Wildman–Crippen MR) is 92.8 cm³/mol. The lowest BCUT2D eigenvalue weighted by molar-refractivity contribution is -0.137. The first-order chi connectivity index (χ1) is 12.3. The molecule has 1 amide bonds. The number of hydrogen-bond acceptors (Lipinski definition) is 3. The first-order valence-corrected chi connectivity index (χ1v) is 8.45. The summed E-state index contributed by atoms with van der Waals surface area (Å²) < 4.78 is 45.0. The Bertz CT molecular complexity index is 807. The number of alkyl halides is 3. The van der Waals surface area contributed by atoms with E-state index in [4.69, 9.17) is 10.5 Å². The molecule has 2 aromatic carbocycles. The summed E-state index contributed by atoms with van der Waals surface area (Å²) in [6, 6.07) is 8.44.